The second-order valence-corrected chi connectivity index (χ2v) is 6.81. The Hall–Kier alpha value is -3.20. The van der Waals surface area contributed by atoms with Gasteiger partial charge in [0.1, 0.15) is 5.75 Å². The number of benzene rings is 2. The van der Waals surface area contributed by atoms with Crippen LogP contribution in [0.5, 0.6) is 5.75 Å². The van der Waals surface area contributed by atoms with Gasteiger partial charge in [0, 0.05) is 28.8 Å². The highest BCUT2D eigenvalue weighted by Gasteiger charge is 2.22. The largest absolute Gasteiger partial charge is 0.497 e. The quantitative estimate of drug-likeness (QED) is 0.517. The highest BCUT2D eigenvalue weighted by molar-refractivity contribution is 6.13. The van der Waals surface area contributed by atoms with Crippen molar-refractivity contribution in [3.05, 3.63) is 101 Å². The van der Waals surface area contributed by atoms with Crippen molar-refractivity contribution < 1.29 is 14.1 Å². The molecular formula is C24H22NO2+. The molecule has 0 saturated carbocycles. The van der Waals surface area contributed by atoms with Crippen LogP contribution in [0.2, 0.25) is 0 Å². The van der Waals surface area contributed by atoms with Gasteiger partial charge >= 0.3 is 0 Å². The van der Waals surface area contributed by atoms with E-state index in [9.17, 15) is 4.79 Å². The summed E-state index contributed by atoms with van der Waals surface area (Å²) >= 11 is 0. The highest BCUT2D eigenvalue weighted by Crippen LogP contribution is 2.29. The maximum Gasteiger partial charge on any atom is 0.189 e. The Morgan fingerprint density at radius 3 is 2.52 bits per heavy atom. The van der Waals surface area contributed by atoms with E-state index < -0.39 is 0 Å². The molecule has 4 rings (SSSR count). The summed E-state index contributed by atoms with van der Waals surface area (Å²) in [7, 11) is 1.63. The SMILES string of the molecule is COc1ccc2c(c1)C(=O)C(=Cc1cc[n+](Cc3ccccc3)cc1)CC2. The summed E-state index contributed by atoms with van der Waals surface area (Å²) in [6.07, 6.45) is 7.79. The second kappa shape index (κ2) is 7.58. The molecule has 1 aromatic heterocycles. The number of ketones is 1. The van der Waals surface area contributed by atoms with E-state index >= 15 is 0 Å². The van der Waals surface area contributed by atoms with E-state index in [1.54, 1.807) is 7.11 Å². The number of aromatic nitrogens is 1. The number of nitrogens with zero attached hydrogens (tertiary/aromatic N) is 1. The number of hydrogen-bond acceptors (Lipinski definition) is 2. The summed E-state index contributed by atoms with van der Waals surface area (Å²) in [5, 5.41) is 0. The molecule has 0 aliphatic heterocycles. The van der Waals surface area contributed by atoms with Crippen LogP contribution < -0.4 is 9.30 Å². The molecule has 0 saturated heterocycles. The standard InChI is InChI=1S/C24H22NO2/c1-27-22-10-9-20-7-8-21(24(26)23(20)16-22)15-18-11-13-25(14-12-18)17-19-5-3-2-4-6-19/h2-6,9-16H,7-8,17H2,1H3/q+1. The average Bonchev–Trinajstić information content (AvgIpc) is 2.72. The maximum atomic E-state index is 12.9. The normalized spacial score (nSPS) is 14.9. The maximum absolute atomic E-state index is 12.9. The fourth-order valence-corrected chi connectivity index (χ4v) is 3.47. The van der Waals surface area contributed by atoms with Crippen molar-refractivity contribution in [1.82, 2.24) is 0 Å². The van der Waals surface area contributed by atoms with Gasteiger partial charge in [-0.2, -0.15) is 0 Å². The van der Waals surface area contributed by atoms with Crippen molar-refractivity contribution in [3.8, 4) is 5.75 Å². The van der Waals surface area contributed by atoms with Crippen LogP contribution in [0.1, 0.15) is 33.5 Å². The van der Waals surface area contributed by atoms with Gasteiger partial charge in [0.15, 0.2) is 24.7 Å². The van der Waals surface area contributed by atoms with Gasteiger partial charge in [-0.25, -0.2) is 4.57 Å². The van der Waals surface area contributed by atoms with Crippen LogP contribution in [-0.4, -0.2) is 12.9 Å². The Morgan fingerprint density at radius 1 is 1.00 bits per heavy atom. The van der Waals surface area contributed by atoms with Gasteiger partial charge in [-0.3, -0.25) is 4.79 Å². The van der Waals surface area contributed by atoms with Crippen LogP contribution in [0.4, 0.5) is 0 Å². The first-order chi connectivity index (χ1) is 13.2. The average molecular weight is 356 g/mol. The minimum absolute atomic E-state index is 0.108. The van der Waals surface area contributed by atoms with Gasteiger partial charge < -0.3 is 4.74 Å². The molecule has 0 amide bonds. The van der Waals surface area contributed by atoms with Gasteiger partial charge in [-0.1, -0.05) is 36.4 Å². The molecule has 3 heteroatoms. The molecule has 0 spiro atoms. The molecule has 2 aromatic carbocycles. The summed E-state index contributed by atoms with van der Waals surface area (Å²) in [4.78, 5) is 12.9. The van der Waals surface area contributed by atoms with Crippen LogP contribution in [-0.2, 0) is 13.0 Å². The van der Waals surface area contributed by atoms with Crippen LogP contribution >= 0.6 is 0 Å². The lowest BCUT2D eigenvalue weighted by molar-refractivity contribution is -0.688. The summed E-state index contributed by atoms with van der Waals surface area (Å²) in [5.74, 6) is 0.834. The number of ether oxygens (including phenoxy) is 1. The van der Waals surface area contributed by atoms with Crippen molar-refractivity contribution in [2.75, 3.05) is 7.11 Å². The van der Waals surface area contributed by atoms with Crippen molar-refractivity contribution in [1.29, 1.82) is 0 Å². The number of rotatable bonds is 4. The molecule has 0 bridgehead atoms. The van der Waals surface area contributed by atoms with E-state index in [1.165, 1.54) is 5.56 Å². The molecule has 134 valence electrons. The molecule has 0 unspecified atom stereocenters. The lowest BCUT2D eigenvalue weighted by Crippen LogP contribution is -2.33. The predicted molar refractivity (Wildman–Crippen MR) is 106 cm³/mol. The Morgan fingerprint density at radius 2 is 1.78 bits per heavy atom. The molecule has 1 aliphatic rings. The first-order valence-electron chi connectivity index (χ1n) is 9.18. The highest BCUT2D eigenvalue weighted by atomic mass is 16.5. The van der Waals surface area contributed by atoms with Gasteiger partial charge in [0.2, 0.25) is 0 Å². The zero-order chi connectivity index (χ0) is 18.6. The van der Waals surface area contributed by atoms with Gasteiger partial charge in [-0.05, 0) is 42.2 Å². The number of fused-ring (bicyclic) bond motifs is 1. The Balaban J connectivity index is 1.54. The number of carbonyl (C=O) groups is 1. The smallest absolute Gasteiger partial charge is 0.189 e. The van der Waals surface area contributed by atoms with Crippen molar-refractivity contribution in [3.63, 3.8) is 0 Å². The number of allylic oxidation sites excluding steroid dienone is 1. The first kappa shape index (κ1) is 17.2. The van der Waals surface area contributed by atoms with E-state index in [-0.39, 0.29) is 5.78 Å². The van der Waals surface area contributed by atoms with Gasteiger partial charge in [0.05, 0.1) is 7.11 Å². The number of methoxy groups -OCH3 is 1. The number of Topliss-reactive ketones (excluding diaryl/α,β-unsaturated/α-hetero) is 1. The molecule has 3 aromatic rings. The summed E-state index contributed by atoms with van der Waals surface area (Å²) in [5.41, 5.74) is 5.04. The summed E-state index contributed by atoms with van der Waals surface area (Å²) in [6.45, 7) is 0.837. The third-order valence-electron chi connectivity index (χ3n) is 4.98. The molecule has 0 radical (unpaired) electrons. The predicted octanol–water partition coefficient (Wildman–Crippen LogP) is 4.24. The van der Waals surface area contributed by atoms with Crippen LogP contribution in [0.25, 0.3) is 6.08 Å². The van der Waals surface area contributed by atoms with E-state index in [0.717, 1.165) is 47.4 Å². The van der Waals surface area contributed by atoms with E-state index in [1.807, 2.05) is 30.3 Å². The molecule has 27 heavy (non-hydrogen) atoms. The van der Waals surface area contributed by atoms with Crippen LogP contribution in [0.15, 0.2) is 78.6 Å². The van der Waals surface area contributed by atoms with Crippen LogP contribution in [0, 0.1) is 0 Å². The molecule has 1 aliphatic carbocycles. The van der Waals surface area contributed by atoms with E-state index in [4.69, 9.17) is 4.74 Å². The topological polar surface area (TPSA) is 30.2 Å². The van der Waals surface area contributed by atoms with Crippen molar-refractivity contribution in [2.45, 2.75) is 19.4 Å². The van der Waals surface area contributed by atoms with Crippen molar-refractivity contribution in [2.24, 2.45) is 0 Å². The first-order valence-corrected chi connectivity index (χ1v) is 9.18. The third kappa shape index (κ3) is 3.82. The lowest BCUT2D eigenvalue weighted by atomic mass is 9.86. The van der Waals surface area contributed by atoms with E-state index in [2.05, 4.69) is 53.4 Å². The minimum atomic E-state index is 0.108. The molecule has 0 fully saturated rings. The Labute approximate surface area is 159 Å². The lowest BCUT2D eigenvalue weighted by Gasteiger charge is -2.18. The second-order valence-electron chi connectivity index (χ2n) is 6.81. The molecule has 1 heterocycles. The third-order valence-corrected chi connectivity index (χ3v) is 4.98. The number of hydrogen-bond donors (Lipinski definition) is 0. The number of carbonyl (C=O) groups excluding carboxylic acids is 1. The monoisotopic (exact) mass is 356 g/mol. The zero-order valence-electron chi connectivity index (χ0n) is 15.4. The number of pyridine rings is 1. The van der Waals surface area contributed by atoms with E-state index in [0.29, 0.717) is 0 Å². The molecule has 3 nitrogen and oxygen atoms in total. The van der Waals surface area contributed by atoms with Gasteiger partial charge in [-0.15, -0.1) is 0 Å². The fraction of sp³-hybridized carbons (Fsp3) is 0.167. The molecule has 0 atom stereocenters. The van der Waals surface area contributed by atoms with Crippen molar-refractivity contribution >= 4 is 11.9 Å². The molecule has 0 N–H and O–H groups in total. The Kier molecular flexibility index (Phi) is 4.84. The summed E-state index contributed by atoms with van der Waals surface area (Å²) < 4.78 is 7.41. The fourth-order valence-electron chi connectivity index (χ4n) is 3.47. The van der Waals surface area contributed by atoms with Gasteiger partial charge in [0.25, 0.3) is 0 Å². The van der Waals surface area contributed by atoms with Crippen LogP contribution in [0.3, 0.4) is 0 Å². The minimum Gasteiger partial charge on any atom is -0.497 e. The zero-order valence-corrected chi connectivity index (χ0v) is 15.4. The Bertz CT molecular complexity index is 989. The molecular weight excluding hydrogens is 334 g/mol. The number of aryl methyl sites for hydroxylation is 1. The summed E-state index contributed by atoms with van der Waals surface area (Å²) in [6, 6.07) is 20.3.